The summed E-state index contributed by atoms with van der Waals surface area (Å²) in [6.45, 7) is 3.11. The summed E-state index contributed by atoms with van der Waals surface area (Å²) in [6.07, 6.45) is 4.36. The number of benzene rings is 1. The Kier molecular flexibility index (Phi) is 3.91. The second-order valence-electron chi connectivity index (χ2n) is 6.69. The fraction of sp³-hybridized carbons (Fsp3) is 0.500. The fourth-order valence-corrected chi connectivity index (χ4v) is 3.85. The summed E-state index contributed by atoms with van der Waals surface area (Å²) in [5, 5.41) is 14.1. The first kappa shape index (κ1) is 14.8. The molecule has 0 spiro atoms. The van der Waals surface area contributed by atoms with Gasteiger partial charge in [0.25, 0.3) is 0 Å². The van der Waals surface area contributed by atoms with E-state index in [1.165, 1.54) is 29.8 Å². The topological polar surface area (TPSA) is 41.3 Å². The molecule has 1 aliphatic heterocycles. The molecule has 1 aromatic heterocycles. The molecule has 1 fully saturated rings. The van der Waals surface area contributed by atoms with Gasteiger partial charge < -0.3 is 5.11 Å². The van der Waals surface area contributed by atoms with Crippen LogP contribution in [0.3, 0.4) is 0 Å². The lowest BCUT2D eigenvalue weighted by Gasteiger charge is -2.14. The Labute approximate surface area is 135 Å². The number of hydrogen-bond acceptors (Lipinski definition) is 3. The van der Waals surface area contributed by atoms with Crippen molar-refractivity contribution >= 4 is 0 Å². The van der Waals surface area contributed by atoms with E-state index in [0.29, 0.717) is 5.92 Å². The van der Waals surface area contributed by atoms with Gasteiger partial charge in [-0.15, -0.1) is 0 Å². The molecule has 5 heteroatoms. The van der Waals surface area contributed by atoms with Gasteiger partial charge in [-0.2, -0.15) is 5.10 Å². The fourth-order valence-electron chi connectivity index (χ4n) is 3.85. The maximum absolute atomic E-state index is 13.2. The Balaban J connectivity index is 1.61. The van der Waals surface area contributed by atoms with Crippen LogP contribution in [0.5, 0.6) is 0 Å². The molecule has 1 saturated heterocycles. The van der Waals surface area contributed by atoms with Gasteiger partial charge in [0, 0.05) is 25.4 Å². The van der Waals surface area contributed by atoms with E-state index in [4.69, 9.17) is 5.10 Å². The van der Waals surface area contributed by atoms with Crippen LogP contribution in [0.2, 0.25) is 0 Å². The zero-order valence-corrected chi connectivity index (χ0v) is 13.2. The van der Waals surface area contributed by atoms with E-state index in [-0.39, 0.29) is 12.4 Å². The summed E-state index contributed by atoms with van der Waals surface area (Å²) in [5.41, 5.74) is 4.75. The molecule has 0 saturated carbocycles. The minimum atomic E-state index is -0.218. The van der Waals surface area contributed by atoms with Crippen LogP contribution in [0, 0.1) is 11.7 Å². The van der Waals surface area contributed by atoms with Gasteiger partial charge in [0.1, 0.15) is 5.82 Å². The molecule has 1 N–H and O–H groups in total. The Morgan fingerprint density at radius 1 is 1.22 bits per heavy atom. The van der Waals surface area contributed by atoms with E-state index in [9.17, 15) is 9.50 Å². The lowest BCUT2D eigenvalue weighted by atomic mass is 10.1. The molecule has 1 unspecified atom stereocenters. The summed E-state index contributed by atoms with van der Waals surface area (Å²) in [6, 6.07) is 6.57. The van der Waals surface area contributed by atoms with Gasteiger partial charge in [0.2, 0.25) is 0 Å². The number of aliphatic hydroxyl groups is 1. The Morgan fingerprint density at radius 3 is 2.78 bits per heavy atom. The van der Waals surface area contributed by atoms with Crippen LogP contribution in [0.25, 0.3) is 5.69 Å². The van der Waals surface area contributed by atoms with Crippen LogP contribution in [0.1, 0.15) is 29.8 Å². The number of aliphatic hydroxyl groups excluding tert-OH is 1. The average molecular weight is 315 g/mol. The van der Waals surface area contributed by atoms with Crippen molar-refractivity contribution in [2.24, 2.45) is 5.92 Å². The standard InChI is InChI=1S/C18H22FN3O/c19-14-4-6-15(7-5-14)22-18-3-1-2-16(18)17(20-22)11-21-9-8-13(10-21)12-23/h4-7,13,23H,1-3,8-12H2. The SMILES string of the molecule is OCC1CCN(Cc2nn(-c3ccc(F)cc3)c3c2CCC3)C1. The van der Waals surface area contributed by atoms with E-state index >= 15 is 0 Å². The molecule has 1 atom stereocenters. The molecule has 2 aliphatic rings. The summed E-state index contributed by atoms with van der Waals surface area (Å²) in [4.78, 5) is 2.39. The van der Waals surface area contributed by atoms with E-state index < -0.39 is 0 Å². The van der Waals surface area contributed by atoms with Crippen LogP contribution in [0.4, 0.5) is 4.39 Å². The zero-order valence-electron chi connectivity index (χ0n) is 13.2. The molecule has 2 heterocycles. The molecule has 122 valence electrons. The van der Waals surface area contributed by atoms with Gasteiger partial charge in [-0.1, -0.05) is 0 Å². The molecular weight excluding hydrogens is 293 g/mol. The molecule has 4 rings (SSSR count). The number of aromatic nitrogens is 2. The van der Waals surface area contributed by atoms with Crippen LogP contribution < -0.4 is 0 Å². The maximum Gasteiger partial charge on any atom is 0.123 e. The largest absolute Gasteiger partial charge is 0.396 e. The highest BCUT2D eigenvalue weighted by Gasteiger charge is 2.27. The van der Waals surface area contributed by atoms with Crippen molar-refractivity contribution in [3.05, 3.63) is 47.0 Å². The lowest BCUT2D eigenvalue weighted by molar-refractivity contribution is 0.219. The van der Waals surface area contributed by atoms with Crippen molar-refractivity contribution in [1.29, 1.82) is 0 Å². The van der Waals surface area contributed by atoms with Crippen molar-refractivity contribution in [1.82, 2.24) is 14.7 Å². The smallest absolute Gasteiger partial charge is 0.123 e. The quantitative estimate of drug-likeness (QED) is 0.941. The summed E-state index contributed by atoms with van der Waals surface area (Å²) in [5.74, 6) is 0.187. The number of halogens is 1. The predicted molar refractivity (Wildman–Crippen MR) is 86.0 cm³/mol. The molecule has 2 aromatic rings. The second-order valence-corrected chi connectivity index (χ2v) is 6.69. The lowest BCUT2D eigenvalue weighted by Crippen LogP contribution is -2.22. The van der Waals surface area contributed by atoms with E-state index in [2.05, 4.69) is 4.90 Å². The minimum absolute atomic E-state index is 0.218. The second kappa shape index (κ2) is 6.06. The van der Waals surface area contributed by atoms with Crippen LogP contribution in [-0.4, -0.2) is 39.5 Å². The van der Waals surface area contributed by atoms with Crippen molar-refractivity contribution < 1.29 is 9.50 Å². The molecule has 23 heavy (non-hydrogen) atoms. The summed E-state index contributed by atoms with van der Waals surface area (Å²) in [7, 11) is 0. The first-order valence-electron chi connectivity index (χ1n) is 8.43. The third kappa shape index (κ3) is 2.79. The number of fused-ring (bicyclic) bond motifs is 1. The molecule has 0 bridgehead atoms. The van der Waals surface area contributed by atoms with E-state index in [0.717, 1.165) is 50.3 Å². The normalized spacial score (nSPS) is 21.0. The molecule has 1 aliphatic carbocycles. The van der Waals surface area contributed by atoms with Gasteiger partial charge in [0.15, 0.2) is 0 Å². The number of hydrogen-bond donors (Lipinski definition) is 1. The van der Waals surface area contributed by atoms with Crippen LogP contribution in [0.15, 0.2) is 24.3 Å². The summed E-state index contributed by atoms with van der Waals surface area (Å²) < 4.78 is 15.2. The Bertz CT molecular complexity index is 695. The van der Waals surface area contributed by atoms with Crippen LogP contribution >= 0.6 is 0 Å². The Hall–Kier alpha value is -1.72. The van der Waals surface area contributed by atoms with Crippen molar-refractivity contribution in [2.45, 2.75) is 32.2 Å². The minimum Gasteiger partial charge on any atom is -0.396 e. The summed E-state index contributed by atoms with van der Waals surface area (Å²) >= 11 is 0. The molecule has 1 aromatic carbocycles. The van der Waals surface area contributed by atoms with Crippen molar-refractivity contribution in [3.63, 3.8) is 0 Å². The number of likely N-dealkylation sites (tertiary alicyclic amines) is 1. The maximum atomic E-state index is 13.2. The third-order valence-electron chi connectivity index (χ3n) is 5.09. The van der Waals surface area contributed by atoms with Gasteiger partial charge in [-0.05, 0) is 68.0 Å². The molecule has 0 radical (unpaired) electrons. The monoisotopic (exact) mass is 315 g/mol. The highest BCUT2D eigenvalue weighted by atomic mass is 19.1. The molecular formula is C18H22FN3O. The predicted octanol–water partition coefficient (Wildman–Crippen LogP) is 2.31. The Morgan fingerprint density at radius 2 is 2.04 bits per heavy atom. The van der Waals surface area contributed by atoms with Crippen LogP contribution in [-0.2, 0) is 19.4 Å². The van der Waals surface area contributed by atoms with E-state index in [1.54, 1.807) is 12.1 Å². The highest BCUT2D eigenvalue weighted by Crippen LogP contribution is 2.29. The molecule has 0 amide bonds. The highest BCUT2D eigenvalue weighted by molar-refractivity contribution is 5.40. The molecule has 4 nitrogen and oxygen atoms in total. The zero-order chi connectivity index (χ0) is 15.8. The first-order valence-corrected chi connectivity index (χ1v) is 8.43. The van der Waals surface area contributed by atoms with Gasteiger partial charge in [-0.3, -0.25) is 4.90 Å². The first-order chi connectivity index (χ1) is 11.2. The van der Waals surface area contributed by atoms with Gasteiger partial charge in [-0.25, -0.2) is 9.07 Å². The van der Waals surface area contributed by atoms with Crippen molar-refractivity contribution in [2.75, 3.05) is 19.7 Å². The average Bonchev–Trinajstić information content (AvgIpc) is 3.26. The van der Waals surface area contributed by atoms with Gasteiger partial charge >= 0.3 is 0 Å². The van der Waals surface area contributed by atoms with Gasteiger partial charge in [0.05, 0.1) is 11.4 Å². The van der Waals surface area contributed by atoms with E-state index in [1.807, 2.05) is 4.68 Å². The number of nitrogens with zero attached hydrogens (tertiary/aromatic N) is 3. The number of rotatable bonds is 4. The third-order valence-corrected chi connectivity index (χ3v) is 5.09. The van der Waals surface area contributed by atoms with Crippen molar-refractivity contribution in [3.8, 4) is 5.69 Å².